The van der Waals surface area contributed by atoms with Gasteiger partial charge in [-0.3, -0.25) is 0 Å². The zero-order chi connectivity index (χ0) is 3.41. The summed E-state index contributed by atoms with van der Waals surface area (Å²) in [6.07, 6.45) is 2.60. The third-order valence-corrected chi connectivity index (χ3v) is 0.204. The molecule has 0 bridgehead atoms. The Morgan fingerprint density at radius 3 is 1.71 bits per heavy atom. The summed E-state index contributed by atoms with van der Waals surface area (Å²) >= 11 is 0. The molecule has 0 spiro atoms. The molecule has 0 aliphatic carbocycles. The second-order valence-corrected chi connectivity index (χ2v) is 0.577. The van der Waals surface area contributed by atoms with Crippen molar-refractivity contribution in [3.05, 3.63) is 19.6 Å². The second-order valence-electron chi connectivity index (χ2n) is 0.577. The van der Waals surface area contributed by atoms with Crippen LogP contribution in [-0.2, 0) is 0 Å². The summed E-state index contributed by atoms with van der Waals surface area (Å²) in [5.74, 6) is 0. The van der Waals surface area contributed by atoms with Gasteiger partial charge in [-0.05, 0) is 0 Å². The molecule has 0 rings (SSSR count). The first kappa shape index (κ1) is 24.5. The third-order valence-electron chi connectivity index (χ3n) is 0.204. The average Bonchev–Trinajstić information content (AvgIpc) is 1.37. The molecule has 0 fully saturated rings. The summed E-state index contributed by atoms with van der Waals surface area (Å²) < 4.78 is 0. The summed E-state index contributed by atoms with van der Waals surface area (Å²) in [4.78, 5) is 0. The molecule has 0 atom stereocenters. The third kappa shape index (κ3) is 43.5. The molecular formula is C4H11ClMgSi. The molecule has 0 radical (unpaired) electrons. The van der Waals surface area contributed by atoms with Crippen molar-refractivity contribution in [2.75, 3.05) is 0 Å². The summed E-state index contributed by atoms with van der Waals surface area (Å²) in [5, 5.41) is 0. The molecule has 0 aliphatic heterocycles. The van der Waals surface area contributed by atoms with Gasteiger partial charge in [-0.1, -0.05) is 0 Å². The smallest absolute Gasteiger partial charge is 0.340 e. The van der Waals surface area contributed by atoms with E-state index < -0.39 is 0 Å². The van der Waals surface area contributed by atoms with Gasteiger partial charge in [-0.25, -0.2) is 0 Å². The van der Waals surface area contributed by atoms with E-state index in [0.29, 0.717) is 0 Å². The van der Waals surface area contributed by atoms with Gasteiger partial charge in [0.25, 0.3) is 0 Å². The van der Waals surface area contributed by atoms with Crippen LogP contribution in [0.5, 0.6) is 0 Å². The molecule has 0 aromatic heterocycles. The molecule has 0 amide bonds. The average molecular weight is 147 g/mol. The van der Waals surface area contributed by atoms with Crippen molar-refractivity contribution >= 4 is 46.4 Å². The molecule has 3 heteroatoms. The maximum absolute atomic E-state index is 3.49. The van der Waals surface area contributed by atoms with Crippen LogP contribution in [0.2, 0.25) is 0 Å². The Morgan fingerprint density at radius 1 is 1.57 bits per heavy atom. The van der Waals surface area contributed by atoms with E-state index in [-0.39, 0.29) is 46.4 Å². The van der Waals surface area contributed by atoms with E-state index in [2.05, 4.69) is 13.5 Å². The first-order valence-corrected chi connectivity index (χ1v) is 1.32. The van der Waals surface area contributed by atoms with E-state index in [0.717, 1.165) is 6.42 Å². The molecule has 40 valence electrons. The molecule has 0 unspecified atom stereocenters. The van der Waals surface area contributed by atoms with Gasteiger partial charge in [0.1, 0.15) is 0 Å². The Hall–Kier alpha value is 1.01. The summed E-state index contributed by atoms with van der Waals surface area (Å²) in [7, 11) is 0. The number of hydrogen-bond acceptors (Lipinski definition) is 0. The van der Waals surface area contributed by atoms with Crippen molar-refractivity contribution in [1.29, 1.82) is 0 Å². The van der Waals surface area contributed by atoms with Crippen molar-refractivity contribution in [2.24, 2.45) is 0 Å². The van der Waals surface area contributed by atoms with E-state index in [1.54, 1.807) is 6.08 Å². The molecule has 0 aromatic rings. The van der Waals surface area contributed by atoms with Crippen molar-refractivity contribution in [3.8, 4) is 0 Å². The van der Waals surface area contributed by atoms with Gasteiger partial charge in [0.2, 0.25) is 0 Å². The molecule has 0 heterocycles. The van der Waals surface area contributed by atoms with Crippen LogP contribution < -0.4 is 0 Å². The van der Waals surface area contributed by atoms with E-state index >= 15 is 0 Å². The van der Waals surface area contributed by atoms with Crippen LogP contribution in [0, 0.1) is 6.92 Å². The topological polar surface area (TPSA) is 0 Å². The fourth-order valence-electron chi connectivity index (χ4n) is 0. The normalized spacial score (nSPS) is 3.57. The minimum atomic E-state index is 0. The largest absolute Gasteiger partial charge is 2.00 e. The van der Waals surface area contributed by atoms with Gasteiger partial charge < -0.3 is 17.9 Å². The monoisotopic (exact) mass is 146 g/mol. The van der Waals surface area contributed by atoms with Crippen LogP contribution in [0.1, 0.15) is 6.42 Å². The second kappa shape index (κ2) is 27.9. The van der Waals surface area contributed by atoms with E-state index in [1.807, 2.05) is 0 Å². The van der Waals surface area contributed by atoms with Gasteiger partial charge >= 0.3 is 23.1 Å². The number of halogens is 1. The van der Waals surface area contributed by atoms with Crippen LogP contribution in [0.15, 0.2) is 12.7 Å². The number of hydrogen-bond donors (Lipinski definition) is 0. The van der Waals surface area contributed by atoms with Gasteiger partial charge in [0.05, 0.1) is 0 Å². The first-order valence-electron chi connectivity index (χ1n) is 1.32. The van der Waals surface area contributed by atoms with E-state index in [1.165, 1.54) is 0 Å². The Kier molecular flexibility index (Phi) is 97.6. The fraction of sp³-hybridized carbons (Fsp3) is 0.250. The Bertz CT molecular complexity index is 25.7. The predicted octanol–water partition coefficient (Wildman–Crippen LogP) is 0.254. The first-order chi connectivity index (χ1) is 1.91. The molecule has 0 N–H and O–H groups in total. The van der Waals surface area contributed by atoms with Crippen molar-refractivity contribution in [1.82, 2.24) is 0 Å². The zero-order valence-electron chi connectivity index (χ0n) is 4.81. The van der Waals surface area contributed by atoms with Crippen LogP contribution >= 0.6 is 12.4 Å². The molecule has 0 nitrogen and oxygen atoms in total. The minimum absolute atomic E-state index is 0. The van der Waals surface area contributed by atoms with E-state index in [9.17, 15) is 0 Å². The fourth-order valence-corrected chi connectivity index (χ4v) is 0. The Balaban J connectivity index is -0.0000000150. The predicted molar refractivity (Wildman–Crippen MR) is 43.1 cm³/mol. The maximum Gasteiger partial charge on any atom is 2.00 e. The summed E-state index contributed by atoms with van der Waals surface area (Å²) in [6.45, 7) is 6.90. The number of rotatable bonds is 1. The summed E-state index contributed by atoms with van der Waals surface area (Å²) in [5.41, 5.74) is 0. The van der Waals surface area contributed by atoms with Gasteiger partial charge in [-0.15, -0.1) is 25.1 Å². The van der Waals surface area contributed by atoms with Gasteiger partial charge in [-0.2, -0.15) is 6.42 Å². The Labute approximate surface area is 72.3 Å². The van der Waals surface area contributed by atoms with Crippen LogP contribution in [-0.4, -0.2) is 34.0 Å². The zero-order valence-corrected chi connectivity index (χ0v) is 9.04. The van der Waals surface area contributed by atoms with Gasteiger partial charge in [0.15, 0.2) is 0 Å². The number of allylic oxidation sites excluding steroid dienone is 1. The van der Waals surface area contributed by atoms with Crippen LogP contribution in [0.3, 0.4) is 0 Å². The molecular weight excluding hydrogens is 136 g/mol. The molecule has 0 aromatic carbocycles. The molecule has 7 heavy (non-hydrogen) atoms. The molecule has 0 aliphatic rings. The SMILES string of the molecule is C=CC[CH2-].Cl.[Mg+2].[SiH3-]. The summed E-state index contributed by atoms with van der Waals surface area (Å²) in [6, 6.07) is 0. The van der Waals surface area contributed by atoms with Crippen molar-refractivity contribution in [3.63, 3.8) is 0 Å². The van der Waals surface area contributed by atoms with Crippen LogP contribution in [0.25, 0.3) is 0 Å². The van der Waals surface area contributed by atoms with Gasteiger partial charge in [0, 0.05) is 0 Å². The van der Waals surface area contributed by atoms with Crippen molar-refractivity contribution in [2.45, 2.75) is 6.42 Å². The standard InChI is InChI=1S/C4H7.ClH.Mg.H3Si/c1-3-4-2;;;/h3H,1-2,4H2;1H;;1H3/q-1;;+2;-1. The quantitative estimate of drug-likeness (QED) is 0.283. The van der Waals surface area contributed by atoms with Crippen LogP contribution in [0.4, 0.5) is 0 Å². The Morgan fingerprint density at radius 2 is 1.71 bits per heavy atom. The minimum Gasteiger partial charge on any atom is -0.340 e. The maximum atomic E-state index is 3.49. The van der Waals surface area contributed by atoms with Crippen molar-refractivity contribution < 1.29 is 0 Å². The van der Waals surface area contributed by atoms with E-state index in [4.69, 9.17) is 0 Å². The molecule has 0 saturated carbocycles. The molecule has 0 saturated heterocycles.